The summed E-state index contributed by atoms with van der Waals surface area (Å²) in [4.78, 5) is 29.2. The Bertz CT molecular complexity index is 1520. The second-order valence-corrected chi connectivity index (χ2v) is 9.32. The van der Waals surface area contributed by atoms with Gasteiger partial charge in [-0.25, -0.2) is 9.59 Å². The van der Waals surface area contributed by atoms with Crippen LogP contribution in [0.1, 0.15) is 27.2 Å². The Hall–Kier alpha value is -4.64. The Labute approximate surface area is 236 Å². The molecule has 0 spiro atoms. The number of hydrogen-bond donors (Lipinski definition) is 3. The van der Waals surface area contributed by atoms with Crippen molar-refractivity contribution in [1.82, 2.24) is 10.3 Å². The van der Waals surface area contributed by atoms with Crippen LogP contribution in [0, 0.1) is 0 Å². The molecule has 2 amide bonds. The molecule has 0 fully saturated rings. The summed E-state index contributed by atoms with van der Waals surface area (Å²) in [5, 5.41) is 15.0. The van der Waals surface area contributed by atoms with Crippen LogP contribution in [-0.4, -0.2) is 34.6 Å². The molecule has 12 heteroatoms. The second kappa shape index (κ2) is 12.3. The number of aromatic carboxylic acids is 1. The van der Waals surface area contributed by atoms with Gasteiger partial charge in [0.1, 0.15) is 11.3 Å². The summed E-state index contributed by atoms with van der Waals surface area (Å²) in [6, 6.07) is 21.6. The van der Waals surface area contributed by atoms with Gasteiger partial charge < -0.3 is 20.5 Å². The van der Waals surface area contributed by atoms with Crippen LogP contribution in [0.4, 0.5) is 28.0 Å². The summed E-state index contributed by atoms with van der Waals surface area (Å²) in [5.74, 6) is -1.77. The minimum absolute atomic E-state index is 0.0275. The molecule has 41 heavy (non-hydrogen) atoms. The second-order valence-electron chi connectivity index (χ2n) is 8.89. The van der Waals surface area contributed by atoms with Gasteiger partial charge in [0.2, 0.25) is 0 Å². The SMILES string of the molecule is O=C(Nc1cccc(C(=O)O)c1)NC(Cc1ccccc1)(c1cccc(OC(F)(F)C(F)F)c1)c1ccc(Cl)cn1. The van der Waals surface area contributed by atoms with Gasteiger partial charge in [0, 0.05) is 18.3 Å². The van der Waals surface area contributed by atoms with Crippen molar-refractivity contribution in [3.63, 3.8) is 0 Å². The van der Waals surface area contributed by atoms with Gasteiger partial charge in [-0.2, -0.15) is 17.6 Å². The van der Waals surface area contributed by atoms with Crippen molar-refractivity contribution < 1.29 is 37.0 Å². The maximum Gasteiger partial charge on any atom is 0.461 e. The predicted octanol–water partition coefficient (Wildman–Crippen LogP) is 6.98. The van der Waals surface area contributed by atoms with E-state index in [-0.39, 0.29) is 34.0 Å². The number of hydrogen-bond acceptors (Lipinski definition) is 4. The third-order valence-electron chi connectivity index (χ3n) is 6.01. The lowest BCUT2D eigenvalue weighted by atomic mass is 9.80. The van der Waals surface area contributed by atoms with E-state index >= 15 is 0 Å². The van der Waals surface area contributed by atoms with Crippen LogP contribution in [0.3, 0.4) is 0 Å². The predicted molar refractivity (Wildman–Crippen MR) is 144 cm³/mol. The van der Waals surface area contributed by atoms with Crippen LogP contribution in [0.25, 0.3) is 0 Å². The van der Waals surface area contributed by atoms with Gasteiger partial charge in [-0.05, 0) is 53.6 Å². The largest absolute Gasteiger partial charge is 0.478 e. The Balaban J connectivity index is 1.83. The third-order valence-corrected chi connectivity index (χ3v) is 6.23. The lowest BCUT2D eigenvalue weighted by Crippen LogP contribution is -2.50. The minimum atomic E-state index is -4.76. The van der Waals surface area contributed by atoms with Crippen molar-refractivity contribution in [3.05, 3.63) is 125 Å². The number of nitrogens with one attached hydrogen (secondary N) is 2. The van der Waals surface area contributed by atoms with Crippen LogP contribution in [0.5, 0.6) is 5.75 Å². The minimum Gasteiger partial charge on any atom is -0.478 e. The van der Waals surface area contributed by atoms with Gasteiger partial charge in [-0.15, -0.1) is 0 Å². The van der Waals surface area contributed by atoms with E-state index in [1.54, 1.807) is 30.3 Å². The maximum atomic E-state index is 13.8. The van der Waals surface area contributed by atoms with Gasteiger partial charge >= 0.3 is 24.5 Å². The number of nitrogens with zero attached hydrogens (tertiary/aromatic N) is 1. The number of benzene rings is 3. The fourth-order valence-corrected chi connectivity index (χ4v) is 4.28. The average Bonchev–Trinajstić information content (AvgIpc) is 2.93. The smallest absolute Gasteiger partial charge is 0.461 e. The fraction of sp³-hybridized carbons (Fsp3) is 0.138. The van der Waals surface area contributed by atoms with E-state index < -0.39 is 35.8 Å². The molecule has 0 saturated heterocycles. The van der Waals surface area contributed by atoms with E-state index in [0.717, 1.165) is 12.1 Å². The highest BCUT2D eigenvalue weighted by Gasteiger charge is 2.44. The van der Waals surface area contributed by atoms with Crippen LogP contribution >= 0.6 is 11.6 Å². The Morgan fingerprint density at radius 1 is 0.951 bits per heavy atom. The van der Waals surface area contributed by atoms with Gasteiger partial charge in [-0.1, -0.05) is 60.1 Å². The maximum absolute atomic E-state index is 13.8. The molecule has 212 valence electrons. The lowest BCUT2D eigenvalue weighted by molar-refractivity contribution is -0.253. The Kier molecular flexibility index (Phi) is 8.77. The summed E-state index contributed by atoms with van der Waals surface area (Å²) in [7, 11) is 0. The van der Waals surface area contributed by atoms with Crippen molar-refractivity contribution in [3.8, 4) is 5.75 Å². The number of carbonyl (C=O) groups is 2. The summed E-state index contributed by atoms with van der Waals surface area (Å²) >= 11 is 6.06. The number of urea groups is 1. The van der Waals surface area contributed by atoms with Gasteiger partial charge in [-0.3, -0.25) is 4.98 Å². The molecule has 0 aliphatic carbocycles. The first-order valence-corrected chi connectivity index (χ1v) is 12.4. The van der Waals surface area contributed by atoms with Crippen LogP contribution in [0.2, 0.25) is 5.02 Å². The topological polar surface area (TPSA) is 101 Å². The summed E-state index contributed by atoms with van der Waals surface area (Å²) in [5.41, 5.74) is -0.385. The first-order valence-electron chi connectivity index (χ1n) is 12.0. The van der Waals surface area contributed by atoms with E-state index in [1.165, 1.54) is 54.7 Å². The Morgan fingerprint density at radius 2 is 1.68 bits per heavy atom. The number of carboxylic acids is 1. The molecule has 1 atom stereocenters. The first-order chi connectivity index (χ1) is 19.5. The molecular formula is C29H22ClF4N3O4. The molecule has 1 unspecified atom stereocenters. The highest BCUT2D eigenvalue weighted by atomic mass is 35.5. The number of carbonyl (C=O) groups excluding carboxylic acids is 1. The zero-order chi connectivity index (χ0) is 29.6. The number of rotatable bonds is 10. The van der Waals surface area contributed by atoms with Crippen LogP contribution in [0.15, 0.2) is 97.2 Å². The zero-order valence-electron chi connectivity index (χ0n) is 21.0. The van der Waals surface area contributed by atoms with Gasteiger partial charge in [0.25, 0.3) is 0 Å². The number of halogens is 5. The first kappa shape index (κ1) is 29.3. The third kappa shape index (κ3) is 7.12. The van der Waals surface area contributed by atoms with Crippen LogP contribution < -0.4 is 15.4 Å². The molecule has 0 bridgehead atoms. The summed E-state index contributed by atoms with van der Waals surface area (Å²) in [6.45, 7) is 0. The standard InChI is InChI=1S/C29H22ClF4N3O4/c30-21-12-13-24(35-17-21)28(16-18-6-2-1-3-7-18,20-9-5-11-23(15-20)41-29(33,34)26(31)32)37-27(40)36-22-10-4-8-19(14-22)25(38)39/h1-15,17,26H,16H2,(H,38,39)(H2,36,37,40). The quantitative estimate of drug-likeness (QED) is 0.174. The number of amides is 2. The number of carboxylic acid groups (broad SMARTS) is 1. The number of pyridine rings is 1. The molecular weight excluding hydrogens is 566 g/mol. The van der Waals surface area contributed by atoms with E-state index in [9.17, 15) is 32.3 Å². The van der Waals surface area contributed by atoms with Gasteiger partial charge in [0.15, 0.2) is 0 Å². The molecule has 0 aliphatic heterocycles. The van der Waals surface area contributed by atoms with Crippen molar-refractivity contribution in [1.29, 1.82) is 0 Å². The highest BCUT2D eigenvalue weighted by Crippen LogP contribution is 2.36. The van der Waals surface area contributed by atoms with E-state index in [0.29, 0.717) is 5.56 Å². The van der Waals surface area contributed by atoms with Gasteiger partial charge in [0.05, 0.1) is 16.3 Å². The molecule has 0 saturated carbocycles. The summed E-state index contributed by atoms with van der Waals surface area (Å²) in [6.07, 6.45) is -7.49. The summed E-state index contributed by atoms with van der Waals surface area (Å²) < 4.78 is 57.7. The van der Waals surface area contributed by atoms with Crippen molar-refractivity contribution in [2.45, 2.75) is 24.5 Å². The average molecular weight is 588 g/mol. The van der Waals surface area contributed by atoms with Crippen molar-refractivity contribution in [2.75, 3.05) is 5.32 Å². The Morgan fingerprint density at radius 3 is 2.34 bits per heavy atom. The van der Waals surface area contributed by atoms with Crippen LogP contribution in [-0.2, 0) is 12.0 Å². The highest BCUT2D eigenvalue weighted by molar-refractivity contribution is 6.30. The normalized spacial score (nSPS) is 12.8. The number of ether oxygens (including phenoxy) is 1. The monoisotopic (exact) mass is 587 g/mol. The fourth-order valence-electron chi connectivity index (χ4n) is 4.16. The van der Waals surface area contributed by atoms with E-state index in [4.69, 9.17) is 11.6 Å². The van der Waals surface area contributed by atoms with E-state index in [1.807, 2.05) is 0 Å². The molecule has 1 aromatic heterocycles. The lowest BCUT2D eigenvalue weighted by Gasteiger charge is -2.35. The molecule has 1 heterocycles. The van der Waals surface area contributed by atoms with Crippen molar-refractivity contribution >= 4 is 29.3 Å². The number of anilines is 1. The molecule has 4 aromatic rings. The molecule has 0 radical (unpaired) electrons. The molecule has 3 aromatic carbocycles. The molecule has 4 rings (SSSR count). The molecule has 7 nitrogen and oxygen atoms in total. The molecule has 0 aliphatic rings. The van der Waals surface area contributed by atoms with Crippen molar-refractivity contribution in [2.24, 2.45) is 0 Å². The molecule has 3 N–H and O–H groups in total. The van der Waals surface area contributed by atoms with E-state index in [2.05, 4.69) is 20.4 Å². The number of aromatic nitrogens is 1. The number of alkyl halides is 4. The zero-order valence-corrected chi connectivity index (χ0v) is 21.8.